The molecule has 6 nitrogen and oxygen atoms in total. The standard InChI is InChI=1S/C13H19N5OS/c1-4-14-9(3)10-7-6-8-15-11(10)20-13-17-16-12(19)18(13)5-2/h6-9,14H,4-5H2,1-3H3,(H,16,19). The molecule has 0 amide bonds. The normalized spacial score (nSPS) is 12.6. The number of nitrogens with one attached hydrogen (secondary N) is 2. The molecule has 2 rings (SSSR count). The Kier molecular flexibility index (Phi) is 4.97. The molecule has 2 N–H and O–H groups in total. The lowest BCUT2D eigenvalue weighted by Crippen LogP contribution is -2.19. The third-order valence-corrected chi connectivity index (χ3v) is 4.03. The van der Waals surface area contributed by atoms with Crippen molar-refractivity contribution in [3.8, 4) is 0 Å². The molecule has 0 fully saturated rings. The Morgan fingerprint density at radius 2 is 2.30 bits per heavy atom. The summed E-state index contributed by atoms with van der Waals surface area (Å²) in [5.41, 5.74) is 0.921. The summed E-state index contributed by atoms with van der Waals surface area (Å²) in [5, 5.41) is 11.4. The third kappa shape index (κ3) is 3.10. The predicted molar refractivity (Wildman–Crippen MR) is 79.0 cm³/mol. The van der Waals surface area contributed by atoms with Crippen LogP contribution in [0.4, 0.5) is 0 Å². The van der Waals surface area contributed by atoms with E-state index in [2.05, 4.69) is 34.3 Å². The van der Waals surface area contributed by atoms with Gasteiger partial charge in [0.05, 0.1) is 0 Å². The smallest absolute Gasteiger partial charge is 0.310 e. The van der Waals surface area contributed by atoms with Crippen molar-refractivity contribution >= 4 is 11.8 Å². The second kappa shape index (κ2) is 6.71. The van der Waals surface area contributed by atoms with Crippen LogP contribution in [0.5, 0.6) is 0 Å². The minimum Gasteiger partial charge on any atom is -0.310 e. The lowest BCUT2D eigenvalue weighted by Gasteiger charge is -2.15. The van der Waals surface area contributed by atoms with Crippen LogP contribution in [0.15, 0.2) is 33.3 Å². The number of H-pyrrole nitrogens is 1. The molecule has 2 heterocycles. The van der Waals surface area contributed by atoms with E-state index in [9.17, 15) is 4.79 Å². The lowest BCUT2D eigenvalue weighted by molar-refractivity contribution is 0.584. The van der Waals surface area contributed by atoms with Crippen molar-refractivity contribution in [3.05, 3.63) is 34.4 Å². The van der Waals surface area contributed by atoms with Crippen LogP contribution in [-0.4, -0.2) is 26.3 Å². The summed E-state index contributed by atoms with van der Waals surface area (Å²) in [6.45, 7) is 7.57. The Balaban J connectivity index is 2.31. The number of rotatable bonds is 6. The van der Waals surface area contributed by atoms with E-state index in [-0.39, 0.29) is 11.7 Å². The van der Waals surface area contributed by atoms with Crippen LogP contribution in [0.3, 0.4) is 0 Å². The Morgan fingerprint density at radius 1 is 1.50 bits per heavy atom. The summed E-state index contributed by atoms with van der Waals surface area (Å²) in [5.74, 6) is 0. The van der Waals surface area contributed by atoms with Crippen LogP contribution < -0.4 is 11.0 Å². The van der Waals surface area contributed by atoms with E-state index < -0.39 is 0 Å². The van der Waals surface area contributed by atoms with Gasteiger partial charge in [0.15, 0.2) is 5.16 Å². The van der Waals surface area contributed by atoms with Crippen molar-refractivity contribution in [2.24, 2.45) is 0 Å². The second-order valence-corrected chi connectivity index (χ2v) is 5.29. The molecule has 1 unspecified atom stereocenters. The molecule has 2 aromatic rings. The van der Waals surface area contributed by atoms with Crippen LogP contribution in [0.2, 0.25) is 0 Å². The molecular weight excluding hydrogens is 274 g/mol. The van der Waals surface area contributed by atoms with Gasteiger partial charge in [0, 0.05) is 24.3 Å². The fourth-order valence-corrected chi connectivity index (χ4v) is 3.04. The van der Waals surface area contributed by atoms with Gasteiger partial charge in [0.1, 0.15) is 5.03 Å². The fourth-order valence-electron chi connectivity index (χ4n) is 1.98. The molecule has 1 atom stereocenters. The number of hydrogen-bond acceptors (Lipinski definition) is 5. The van der Waals surface area contributed by atoms with Gasteiger partial charge in [-0.25, -0.2) is 14.9 Å². The first kappa shape index (κ1) is 14.8. The van der Waals surface area contributed by atoms with E-state index in [4.69, 9.17) is 0 Å². The van der Waals surface area contributed by atoms with Crippen molar-refractivity contribution in [3.63, 3.8) is 0 Å². The molecule has 0 bridgehead atoms. The van der Waals surface area contributed by atoms with Gasteiger partial charge < -0.3 is 5.32 Å². The van der Waals surface area contributed by atoms with Gasteiger partial charge in [-0.15, -0.1) is 5.10 Å². The number of hydrogen-bond donors (Lipinski definition) is 2. The summed E-state index contributed by atoms with van der Waals surface area (Å²) in [4.78, 5) is 16.0. The van der Waals surface area contributed by atoms with Gasteiger partial charge in [-0.1, -0.05) is 13.0 Å². The minimum absolute atomic E-state index is 0.188. The fraction of sp³-hybridized carbons (Fsp3) is 0.462. The molecule has 0 aliphatic carbocycles. The van der Waals surface area contributed by atoms with E-state index in [1.165, 1.54) is 11.8 Å². The number of pyridine rings is 1. The molecule has 7 heteroatoms. The van der Waals surface area contributed by atoms with Crippen LogP contribution >= 0.6 is 11.8 Å². The molecule has 0 spiro atoms. The zero-order valence-electron chi connectivity index (χ0n) is 11.9. The minimum atomic E-state index is -0.188. The van der Waals surface area contributed by atoms with Crippen molar-refractivity contribution in [1.82, 2.24) is 25.1 Å². The van der Waals surface area contributed by atoms with Crippen molar-refractivity contribution in [2.75, 3.05) is 6.54 Å². The molecule has 0 saturated heterocycles. The zero-order valence-corrected chi connectivity index (χ0v) is 12.7. The van der Waals surface area contributed by atoms with Gasteiger partial charge in [-0.05, 0) is 38.2 Å². The molecule has 0 saturated carbocycles. The average Bonchev–Trinajstić information content (AvgIpc) is 2.80. The van der Waals surface area contributed by atoms with Crippen molar-refractivity contribution < 1.29 is 0 Å². The molecule has 0 aromatic carbocycles. The van der Waals surface area contributed by atoms with Gasteiger partial charge in [-0.3, -0.25) is 4.57 Å². The average molecular weight is 293 g/mol. The molecule has 0 aliphatic heterocycles. The Bertz CT molecular complexity index is 621. The van der Waals surface area contributed by atoms with Gasteiger partial charge in [-0.2, -0.15) is 0 Å². The second-order valence-electron chi connectivity index (χ2n) is 4.33. The first-order chi connectivity index (χ1) is 9.67. The number of aromatic amines is 1. The lowest BCUT2D eigenvalue weighted by atomic mass is 10.1. The maximum Gasteiger partial charge on any atom is 0.343 e. The first-order valence-electron chi connectivity index (χ1n) is 6.68. The van der Waals surface area contributed by atoms with Gasteiger partial charge in [0.25, 0.3) is 0 Å². The highest BCUT2D eigenvalue weighted by atomic mass is 32.2. The molecule has 20 heavy (non-hydrogen) atoms. The summed E-state index contributed by atoms with van der Waals surface area (Å²) in [6, 6.07) is 4.17. The van der Waals surface area contributed by atoms with Crippen molar-refractivity contribution in [2.45, 2.75) is 43.5 Å². The van der Waals surface area contributed by atoms with Crippen LogP contribution in [-0.2, 0) is 6.54 Å². The van der Waals surface area contributed by atoms with Gasteiger partial charge >= 0.3 is 5.69 Å². The first-order valence-corrected chi connectivity index (χ1v) is 7.50. The van der Waals surface area contributed by atoms with Crippen LogP contribution in [0.1, 0.15) is 32.4 Å². The summed E-state index contributed by atoms with van der Waals surface area (Å²) in [6.07, 6.45) is 1.76. The highest BCUT2D eigenvalue weighted by molar-refractivity contribution is 7.99. The molecule has 108 valence electrons. The maximum absolute atomic E-state index is 11.6. The molecule has 2 aromatic heterocycles. The molecule has 0 aliphatic rings. The van der Waals surface area contributed by atoms with Crippen molar-refractivity contribution in [1.29, 1.82) is 0 Å². The summed E-state index contributed by atoms with van der Waals surface area (Å²) < 4.78 is 1.60. The maximum atomic E-state index is 11.6. The quantitative estimate of drug-likeness (QED) is 0.849. The number of nitrogens with zero attached hydrogens (tertiary/aromatic N) is 3. The van der Waals surface area contributed by atoms with Gasteiger partial charge in [0.2, 0.25) is 0 Å². The largest absolute Gasteiger partial charge is 0.343 e. The van der Waals surface area contributed by atoms with E-state index in [1.807, 2.05) is 19.1 Å². The summed E-state index contributed by atoms with van der Waals surface area (Å²) >= 11 is 1.41. The Labute approximate surface area is 122 Å². The highest BCUT2D eigenvalue weighted by Crippen LogP contribution is 2.29. The highest BCUT2D eigenvalue weighted by Gasteiger charge is 2.15. The monoisotopic (exact) mass is 293 g/mol. The Morgan fingerprint density at radius 3 is 3.00 bits per heavy atom. The molecular formula is C13H19N5OS. The van der Waals surface area contributed by atoms with E-state index in [0.717, 1.165) is 17.1 Å². The Hall–Kier alpha value is -1.60. The SMILES string of the molecule is CCNC(C)c1cccnc1Sc1n[nH]c(=O)n1CC. The van der Waals surface area contributed by atoms with E-state index in [0.29, 0.717) is 11.7 Å². The third-order valence-electron chi connectivity index (χ3n) is 3.00. The van der Waals surface area contributed by atoms with Crippen LogP contribution in [0, 0.1) is 0 Å². The van der Waals surface area contributed by atoms with E-state index in [1.54, 1.807) is 10.8 Å². The topological polar surface area (TPSA) is 75.6 Å². The zero-order chi connectivity index (χ0) is 14.5. The van der Waals surface area contributed by atoms with E-state index >= 15 is 0 Å². The molecule has 0 radical (unpaired) electrons. The number of aromatic nitrogens is 4. The predicted octanol–water partition coefficient (Wildman–Crippen LogP) is 1.81. The summed E-state index contributed by atoms with van der Waals surface area (Å²) in [7, 11) is 0. The van der Waals surface area contributed by atoms with Crippen LogP contribution in [0.25, 0.3) is 0 Å².